The highest BCUT2D eigenvalue weighted by atomic mass is 16.1. The fraction of sp³-hybridized carbons (Fsp3) is 0.529. The molecule has 0 radical (unpaired) electrons. The molecule has 120 valence electrons. The maximum Gasteiger partial charge on any atom is 0.224 e. The van der Waals surface area contributed by atoms with E-state index in [2.05, 4.69) is 22.2 Å². The van der Waals surface area contributed by atoms with E-state index in [4.69, 9.17) is 0 Å². The molecule has 1 aromatic rings. The predicted molar refractivity (Wildman–Crippen MR) is 88.2 cm³/mol. The van der Waals surface area contributed by atoms with Crippen molar-refractivity contribution in [1.82, 2.24) is 9.80 Å². The minimum absolute atomic E-state index is 0.00818. The predicted octanol–water partition coefficient (Wildman–Crippen LogP) is 1.86. The van der Waals surface area contributed by atoms with Crippen LogP contribution in [0, 0.1) is 0 Å². The van der Waals surface area contributed by atoms with Gasteiger partial charge in [0.15, 0.2) is 5.78 Å². The van der Waals surface area contributed by atoms with Crippen LogP contribution < -0.4 is 5.32 Å². The maximum absolute atomic E-state index is 12.4. The molecule has 0 aliphatic carbocycles. The van der Waals surface area contributed by atoms with Crippen molar-refractivity contribution in [3.63, 3.8) is 0 Å². The number of nitrogens with zero attached hydrogens (tertiary/aromatic N) is 2. The van der Waals surface area contributed by atoms with Crippen molar-refractivity contribution in [3.05, 3.63) is 29.8 Å². The van der Waals surface area contributed by atoms with Crippen molar-refractivity contribution in [2.75, 3.05) is 45.1 Å². The summed E-state index contributed by atoms with van der Waals surface area (Å²) in [5.41, 5.74) is 1.36. The summed E-state index contributed by atoms with van der Waals surface area (Å²) in [6.07, 6.45) is 1.31. The van der Waals surface area contributed by atoms with Crippen LogP contribution in [0.1, 0.15) is 30.1 Å². The van der Waals surface area contributed by atoms with Crippen molar-refractivity contribution >= 4 is 17.4 Å². The summed E-state index contributed by atoms with van der Waals surface area (Å²) in [6.45, 7) is 6.26. The molecule has 2 rings (SSSR count). The van der Waals surface area contributed by atoms with Crippen LogP contribution in [0.25, 0.3) is 0 Å². The van der Waals surface area contributed by atoms with Crippen molar-refractivity contribution in [2.24, 2.45) is 0 Å². The highest BCUT2D eigenvalue weighted by Gasteiger charge is 2.17. The first-order valence-corrected chi connectivity index (χ1v) is 7.92. The number of ketones is 1. The van der Waals surface area contributed by atoms with Crippen molar-refractivity contribution in [3.8, 4) is 0 Å². The highest BCUT2D eigenvalue weighted by Crippen LogP contribution is 2.13. The Morgan fingerprint density at radius 2 is 1.91 bits per heavy atom. The van der Waals surface area contributed by atoms with E-state index in [1.165, 1.54) is 0 Å². The molecule has 22 heavy (non-hydrogen) atoms. The summed E-state index contributed by atoms with van der Waals surface area (Å²) < 4.78 is 0. The first kappa shape index (κ1) is 16.6. The number of Topliss-reactive ketones (excluding diaryl/α,β-unsaturated/α-hetero) is 1. The molecule has 1 fully saturated rings. The molecule has 0 atom stereocenters. The Labute approximate surface area is 132 Å². The van der Waals surface area contributed by atoms with Crippen LogP contribution in [-0.4, -0.2) is 61.3 Å². The SMILES string of the molecule is CCCC(=O)Nc1cccc(C(=O)CN2CCN(C)CC2)c1. The summed E-state index contributed by atoms with van der Waals surface area (Å²) in [4.78, 5) is 28.5. The van der Waals surface area contributed by atoms with Gasteiger partial charge in [0.05, 0.1) is 6.54 Å². The molecular formula is C17H25N3O2. The molecule has 0 saturated carbocycles. The first-order chi connectivity index (χ1) is 10.6. The molecule has 1 N–H and O–H groups in total. The van der Waals surface area contributed by atoms with E-state index in [1.54, 1.807) is 6.07 Å². The number of rotatable bonds is 6. The lowest BCUT2D eigenvalue weighted by molar-refractivity contribution is -0.116. The van der Waals surface area contributed by atoms with E-state index in [0.717, 1.165) is 32.6 Å². The van der Waals surface area contributed by atoms with Gasteiger partial charge in [-0.3, -0.25) is 14.5 Å². The zero-order chi connectivity index (χ0) is 15.9. The van der Waals surface area contributed by atoms with Gasteiger partial charge >= 0.3 is 0 Å². The third-order valence-electron chi connectivity index (χ3n) is 3.91. The van der Waals surface area contributed by atoms with Gasteiger partial charge in [0.25, 0.3) is 0 Å². The van der Waals surface area contributed by atoms with E-state index in [1.807, 2.05) is 25.1 Å². The second kappa shape index (κ2) is 8.06. The Balaban J connectivity index is 1.93. The Kier molecular flexibility index (Phi) is 6.10. The third-order valence-corrected chi connectivity index (χ3v) is 3.91. The number of hydrogen-bond donors (Lipinski definition) is 1. The number of carbonyl (C=O) groups excluding carboxylic acids is 2. The average molecular weight is 303 g/mol. The second-order valence-electron chi connectivity index (χ2n) is 5.88. The Morgan fingerprint density at radius 3 is 2.59 bits per heavy atom. The number of likely N-dealkylation sites (N-methyl/N-ethyl adjacent to an activating group) is 1. The molecule has 1 amide bonds. The standard InChI is InChI=1S/C17H25N3O2/c1-3-5-17(22)18-15-7-4-6-14(12-15)16(21)13-20-10-8-19(2)9-11-20/h4,6-7,12H,3,5,8-11,13H2,1-2H3,(H,18,22). The second-order valence-corrected chi connectivity index (χ2v) is 5.88. The monoisotopic (exact) mass is 303 g/mol. The van der Waals surface area contributed by atoms with Gasteiger partial charge in [-0.05, 0) is 25.6 Å². The summed E-state index contributed by atoms with van der Waals surface area (Å²) in [7, 11) is 2.10. The topological polar surface area (TPSA) is 52.7 Å². The van der Waals surface area contributed by atoms with Gasteiger partial charge in [-0.15, -0.1) is 0 Å². The fourth-order valence-corrected chi connectivity index (χ4v) is 2.52. The molecule has 0 aromatic heterocycles. The van der Waals surface area contributed by atoms with Crippen LogP contribution in [0.5, 0.6) is 0 Å². The van der Waals surface area contributed by atoms with Gasteiger partial charge < -0.3 is 10.2 Å². The minimum atomic E-state index is -0.00818. The van der Waals surface area contributed by atoms with Gasteiger partial charge in [0, 0.05) is 43.9 Å². The lowest BCUT2D eigenvalue weighted by Crippen LogP contribution is -2.46. The molecule has 5 heteroatoms. The molecule has 1 aromatic carbocycles. The summed E-state index contributed by atoms with van der Waals surface area (Å²) in [5.74, 6) is 0.0994. The van der Waals surface area contributed by atoms with Crippen molar-refractivity contribution in [1.29, 1.82) is 0 Å². The van der Waals surface area contributed by atoms with Gasteiger partial charge in [-0.2, -0.15) is 0 Å². The molecule has 0 spiro atoms. The van der Waals surface area contributed by atoms with E-state index >= 15 is 0 Å². The number of benzene rings is 1. The first-order valence-electron chi connectivity index (χ1n) is 7.92. The Morgan fingerprint density at radius 1 is 1.18 bits per heavy atom. The third kappa shape index (κ3) is 4.93. The van der Waals surface area contributed by atoms with Crippen LogP contribution in [0.4, 0.5) is 5.69 Å². The van der Waals surface area contributed by atoms with Crippen LogP contribution in [0.15, 0.2) is 24.3 Å². The fourth-order valence-electron chi connectivity index (χ4n) is 2.52. The van der Waals surface area contributed by atoms with E-state index in [-0.39, 0.29) is 11.7 Å². The molecule has 1 saturated heterocycles. The van der Waals surface area contributed by atoms with Crippen molar-refractivity contribution < 1.29 is 9.59 Å². The average Bonchev–Trinajstić information content (AvgIpc) is 2.50. The number of hydrogen-bond acceptors (Lipinski definition) is 4. The van der Waals surface area contributed by atoms with Gasteiger partial charge in [0.2, 0.25) is 5.91 Å². The smallest absolute Gasteiger partial charge is 0.224 e. The van der Waals surface area contributed by atoms with E-state index < -0.39 is 0 Å². The maximum atomic E-state index is 12.4. The molecule has 1 aliphatic rings. The zero-order valence-corrected chi connectivity index (χ0v) is 13.5. The Hall–Kier alpha value is -1.72. The van der Waals surface area contributed by atoms with Crippen LogP contribution >= 0.6 is 0 Å². The number of anilines is 1. The molecular weight excluding hydrogens is 278 g/mol. The lowest BCUT2D eigenvalue weighted by atomic mass is 10.1. The van der Waals surface area contributed by atoms with Crippen LogP contribution in [-0.2, 0) is 4.79 Å². The molecule has 1 heterocycles. The van der Waals surface area contributed by atoms with Gasteiger partial charge in [-0.1, -0.05) is 19.1 Å². The van der Waals surface area contributed by atoms with Crippen LogP contribution in [0.2, 0.25) is 0 Å². The summed E-state index contributed by atoms with van der Waals surface area (Å²) >= 11 is 0. The number of piperazine rings is 1. The van der Waals surface area contributed by atoms with E-state index in [0.29, 0.717) is 24.2 Å². The zero-order valence-electron chi connectivity index (χ0n) is 13.5. The summed E-state index contributed by atoms with van der Waals surface area (Å²) in [5, 5.41) is 2.84. The molecule has 0 bridgehead atoms. The largest absolute Gasteiger partial charge is 0.326 e. The molecule has 1 aliphatic heterocycles. The Bertz CT molecular complexity index is 522. The molecule has 0 unspecified atom stereocenters. The van der Waals surface area contributed by atoms with Gasteiger partial charge in [0.1, 0.15) is 0 Å². The lowest BCUT2D eigenvalue weighted by Gasteiger charge is -2.31. The van der Waals surface area contributed by atoms with E-state index in [9.17, 15) is 9.59 Å². The highest BCUT2D eigenvalue weighted by molar-refractivity contribution is 5.99. The van der Waals surface area contributed by atoms with Gasteiger partial charge in [-0.25, -0.2) is 0 Å². The molecule has 5 nitrogen and oxygen atoms in total. The van der Waals surface area contributed by atoms with Crippen molar-refractivity contribution in [2.45, 2.75) is 19.8 Å². The van der Waals surface area contributed by atoms with Crippen LogP contribution in [0.3, 0.4) is 0 Å². The normalized spacial score (nSPS) is 16.5. The summed E-state index contributed by atoms with van der Waals surface area (Å²) in [6, 6.07) is 7.22. The quantitative estimate of drug-likeness (QED) is 0.815. The minimum Gasteiger partial charge on any atom is -0.326 e. The number of nitrogens with one attached hydrogen (secondary N) is 1. The number of amides is 1. The number of carbonyl (C=O) groups is 2.